The summed E-state index contributed by atoms with van der Waals surface area (Å²) in [5.74, 6) is 3.15. The first kappa shape index (κ1) is 21.6. The SMILES string of the molecule is COc1ccc(CCNCC(O)COc2ccc(-c3noc(C)n3)cc2)cc1OC. The number of hydrogen-bond donors (Lipinski definition) is 2. The van der Waals surface area contributed by atoms with Crippen molar-refractivity contribution in [2.45, 2.75) is 19.4 Å². The number of nitrogens with one attached hydrogen (secondary N) is 1. The van der Waals surface area contributed by atoms with Crippen molar-refractivity contribution in [3.8, 4) is 28.6 Å². The van der Waals surface area contributed by atoms with Gasteiger partial charge in [-0.1, -0.05) is 11.2 Å². The number of aryl methyl sites for hydroxylation is 1. The Morgan fingerprint density at radius 3 is 2.50 bits per heavy atom. The molecule has 0 radical (unpaired) electrons. The normalized spacial score (nSPS) is 11.9. The van der Waals surface area contributed by atoms with Gasteiger partial charge in [-0.3, -0.25) is 0 Å². The molecule has 3 rings (SSSR count). The summed E-state index contributed by atoms with van der Waals surface area (Å²) in [6.07, 6.45) is 0.195. The first-order valence-corrected chi connectivity index (χ1v) is 9.72. The largest absolute Gasteiger partial charge is 0.493 e. The maximum Gasteiger partial charge on any atom is 0.223 e. The molecule has 8 heteroatoms. The van der Waals surface area contributed by atoms with Gasteiger partial charge in [0.25, 0.3) is 0 Å². The zero-order chi connectivity index (χ0) is 21.3. The summed E-state index contributed by atoms with van der Waals surface area (Å²) >= 11 is 0. The highest BCUT2D eigenvalue weighted by Crippen LogP contribution is 2.27. The summed E-state index contributed by atoms with van der Waals surface area (Å²) in [5.41, 5.74) is 1.97. The zero-order valence-corrected chi connectivity index (χ0v) is 17.4. The fraction of sp³-hybridized carbons (Fsp3) is 0.364. The lowest BCUT2D eigenvalue weighted by Gasteiger charge is -2.14. The molecule has 0 aliphatic heterocycles. The summed E-state index contributed by atoms with van der Waals surface area (Å²) in [7, 11) is 3.24. The number of benzene rings is 2. The van der Waals surface area contributed by atoms with Crippen molar-refractivity contribution >= 4 is 0 Å². The number of aromatic nitrogens is 2. The third-order valence-corrected chi connectivity index (χ3v) is 4.50. The van der Waals surface area contributed by atoms with Gasteiger partial charge >= 0.3 is 0 Å². The fourth-order valence-corrected chi connectivity index (χ4v) is 2.91. The number of methoxy groups -OCH3 is 2. The first-order valence-electron chi connectivity index (χ1n) is 9.72. The van der Waals surface area contributed by atoms with Crippen LogP contribution in [0.25, 0.3) is 11.4 Å². The molecule has 0 saturated heterocycles. The van der Waals surface area contributed by atoms with Gasteiger partial charge < -0.3 is 29.2 Å². The molecule has 8 nitrogen and oxygen atoms in total. The Morgan fingerprint density at radius 1 is 1.07 bits per heavy atom. The number of aliphatic hydroxyl groups excluding tert-OH is 1. The summed E-state index contributed by atoms with van der Waals surface area (Å²) in [4.78, 5) is 4.19. The molecular formula is C22H27N3O5. The highest BCUT2D eigenvalue weighted by molar-refractivity contribution is 5.55. The maximum atomic E-state index is 10.1. The van der Waals surface area contributed by atoms with Gasteiger partial charge in [0.1, 0.15) is 18.5 Å². The standard InChI is InChI=1S/C22H27N3O5/c1-15-24-22(25-30-15)17-5-7-19(8-6-17)29-14-18(26)13-23-11-10-16-4-9-20(27-2)21(12-16)28-3/h4-9,12,18,23,26H,10-11,13-14H2,1-3H3. The van der Waals surface area contributed by atoms with Gasteiger partial charge in [-0.25, -0.2) is 0 Å². The Hall–Kier alpha value is -3.10. The lowest BCUT2D eigenvalue weighted by molar-refractivity contribution is 0.106. The maximum absolute atomic E-state index is 10.1. The predicted octanol–water partition coefficient (Wildman–Crippen LogP) is 2.63. The van der Waals surface area contributed by atoms with E-state index in [0.717, 1.165) is 24.1 Å². The number of aliphatic hydroxyl groups is 1. The van der Waals surface area contributed by atoms with E-state index in [1.54, 1.807) is 21.1 Å². The second kappa shape index (κ2) is 10.6. The highest BCUT2D eigenvalue weighted by atomic mass is 16.5. The van der Waals surface area contributed by atoms with Crippen molar-refractivity contribution in [3.63, 3.8) is 0 Å². The van der Waals surface area contributed by atoms with Crippen LogP contribution in [-0.2, 0) is 6.42 Å². The molecule has 0 saturated carbocycles. The van der Waals surface area contributed by atoms with E-state index in [1.165, 1.54) is 0 Å². The summed E-state index contributed by atoms with van der Waals surface area (Å²) < 4.78 is 21.2. The Labute approximate surface area is 175 Å². The Morgan fingerprint density at radius 2 is 1.83 bits per heavy atom. The van der Waals surface area contributed by atoms with E-state index in [9.17, 15) is 5.11 Å². The van der Waals surface area contributed by atoms with Crippen LogP contribution >= 0.6 is 0 Å². The lowest BCUT2D eigenvalue weighted by atomic mass is 10.1. The molecular weight excluding hydrogens is 386 g/mol. The molecule has 30 heavy (non-hydrogen) atoms. The molecule has 0 aliphatic carbocycles. The van der Waals surface area contributed by atoms with E-state index in [-0.39, 0.29) is 6.61 Å². The van der Waals surface area contributed by atoms with Crippen LogP contribution < -0.4 is 19.5 Å². The van der Waals surface area contributed by atoms with Crippen LogP contribution in [0.4, 0.5) is 0 Å². The average molecular weight is 413 g/mol. The van der Waals surface area contributed by atoms with Gasteiger partial charge in [0.05, 0.1) is 14.2 Å². The van der Waals surface area contributed by atoms with E-state index in [0.29, 0.717) is 35.5 Å². The smallest absolute Gasteiger partial charge is 0.223 e. The van der Waals surface area contributed by atoms with E-state index >= 15 is 0 Å². The number of ether oxygens (including phenoxy) is 3. The minimum atomic E-state index is -0.616. The van der Waals surface area contributed by atoms with E-state index < -0.39 is 6.10 Å². The van der Waals surface area contributed by atoms with Gasteiger partial charge in [-0.05, 0) is 54.9 Å². The molecule has 1 heterocycles. The Kier molecular flexibility index (Phi) is 7.64. The fourth-order valence-electron chi connectivity index (χ4n) is 2.91. The molecule has 0 bridgehead atoms. The predicted molar refractivity (Wildman–Crippen MR) is 112 cm³/mol. The van der Waals surface area contributed by atoms with Crippen molar-refractivity contribution < 1.29 is 23.8 Å². The minimum absolute atomic E-state index is 0.198. The summed E-state index contributed by atoms with van der Waals surface area (Å²) in [6, 6.07) is 13.2. The quantitative estimate of drug-likeness (QED) is 0.463. The molecule has 0 spiro atoms. The second-order valence-corrected chi connectivity index (χ2v) is 6.77. The third kappa shape index (κ3) is 5.95. The zero-order valence-electron chi connectivity index (χ0n) is 17.4. The molecule has 1 aromatic heterocycles. The molecule has 1 unspecified atom stereocenters. The van der Waals surface area contributed by atoms with Crippen molar-refractivity contribution in [2.24, 2.45) is 0 Å². The Bertz CT molecular complexity index is 927. The van der Waals surface area contributed by atoms with Crippen LogP contribution in [0.5, 0.6) is 17.2 Å². The van der Waals surface area contributed by atoms with Gasteiger partial charge in [-0.2, -0.15) is 4.98 Å². The first-order chi connectivity index (χ1) is 14.6. The molecule has 3 aromatic rings. The summed E-state index contributed by atoms with van der Waals surface area (Å²) in [6.45, 7) is 3.11. The molecule has 1 atom stereocenters. The number of nitrogens with zero attached hydrogens (tertiary/aromatic N) is 2. The molecule has 2 aromatic carbocycles. The Balaban J connectivity index is 1.37. The molecule has 0 amide bonds. The van der Waals surface area contributed by atoms with Gasteiger partial charge in [-0.15, -0.1) is 0 Å². The monoisotopic (exact) mass is 413 g/mol. The van der Waals surface area contributed by atoms with Crippen LogP contribution in [0.1, 0.15) is 11.5 Å². The minimum Gasteiger partial charge on any atom is -0.493 e. The van der Waals surface area contributed by atoms with Crippen LogP contribution in [0.2, 0.25) is 0 Å². The van der Waals surface area contributed by atoms with Gasteiger partial charge in [0, 0.05) is 19.0 Å². The lowest BCUT2D eigenvalue weighted by Crippen LogP contribution is -2.32. The van der Waals surface area contributed by atoms with Crippen LogP contribution in [0, 0.1) is 6.92 Å². The van der Waals surface area contributed by atoms with Gasteiger partial charge in [0.15, 0.2) is 11.5 Å². The number of hydrogen-bond acceptors (Lipinski definition) is 8. The van der Waals surface area contributed by atoms with Gasteiger partial charge in [0.2, 0.25) is 11.7 Å². The topological polar surface area (TPSA) is 98.9 Å². The average Bonchev–Trinajstić information content (AvgIpc) is 3.21. The van der Waals surface area contributed by atoms with Crippen LogP contribution in [-0.4, -0.2) is 55.3 Å². The summed E-state index contributed by atoms with van der Waals surface area (Å²) in [5, 5.41) is 17.3. The number of rotatable bonds is 11. The van der Waals surface area contributed by atoms with Crippen molar-refractivity contribution in [1.82, 2.24) is 15.5 Å². The van der Waals surface area contributed by atoms with E-state index in [1.807, 2.05) is 42.5 Å². The van der Waals surface area contributed by atoms with Crippen molar-refractivity contribution in [3.05, 3.63) is 53.9 Å². The molecule has 0 aliphatic rings. The molecule has 160 valence electrons. The van der Waals surface area contributed by atoms with E-state index in [2.05, 4.69) is 15.5 Å². The van der Waals surface area contributed by atoms with E-state index in [4.69, 9.17) is 18.7 Å². The van der Waals surface area contributed by atoms with Crippen LogP contribution in [0.15, 0.2) is 47.0 Å². The van der Waals surface area contributed by atoms with Crippen LogP contribution in [0.3, 0.4) is 0 Å². The second-order valence-electron chi connectivity index (χ2n) is 6.77. The molecule has 0 fully saturated rings. The highest BCUT2D eigenvalue weighted by Gasteiger charge is 2.08. The third-order valence-electron chi connectivity index (χ3n) is 4.50. The van der Waals surface area contributed by atoms with Crippen molar-refractivity contribution in [1.29, 1.82) is 0 Å². The van der Waals surface area contributed by atoms with Crippen molar-refractivity contribution in [2.75, 3.05) is 33.9 Å². The molecule has 2 N–H and O–H groups in total.